The zero-order valence-electron chi connectivity index (χ0n) is 15.0. The maximum absolute atomic E-state index is 12.4. The van der Waals surface area contributed by atoms with E-state index in [0.717, 1.165) is 31.6 Å². The van der Waals surface area contributed by atoms with E-state index >= 15 is 0 Å². The van der Waals surface area contributed by atoms with Crippen molar-refractivity contribution in [3.8, 4) is 0 Å². The first-order valence-electron chi connectivity index (χ1n) is 9.01. The number of halogens is 2. The highest BCUT2D eigenvalue weighted by Crippen LogP contribution is 2.34. The van der Waals surface area contributed by atoms with Crippen LogP contribution in [0.3, 0.4) is 0 Å². The summed E-state index contributed by atoms with van der Waals surface area (Å²) in [6, 6.07) is 15.9. The highest BCUT2D eigenvalue weighted by Gasteiger charge is 2.34. The van der Waals surface area contributed by atoms with E-state index in [4.69, 9.17) is 27.9 Å². The third-order valence-electron chi connectivity index (χ3n) is 4.97. The van der Waals surface area contributed by atoms with Gasteiger partial charge < -0.3 is 10.1 Å². The van der Waals surface area contributed by atoms with Crippen LogP contribution < -0.4 is 5.32 Å². The van der Waals surface area contributed by atoms with E-state index in [0.29, 0.717) is 28.1 Å². The molecule has 2 aromatic carbocycles. The number of carbonyl (C=O) groups is 1. The van der Waals surface area contributed by atoms with Gasteiger partial charge >= 0.3 is 0 Å². The number of ether oxygens (including phenoxy) is 1. The van der Waals surface area contributed by atoms with Crippen LogP contribution in [0.5, 0.6) is 0 Å². The fourth-order valence-corrected chi connectivity index (χ4v) is 4.75. The van der Waals surface area contributed by atoms with E-state index in [1.165, 1.54) is 5.56 Å². The molecule has 0 aromatic heterocycles. The molecule has 1 amide bonds. The summed E-state index contributed by atoms with van der Waals surface area (Å²) in [5.41, 5.74) is 2.22. The molecule has 1 aliphatic heterocycles. The second-order valence-corrected chi connectivity index (χ2v) is 8.59. The third-order valence-corrected chi connectivity index (χ3v) is 6.53. The summed E-state index contributed by atoms with van der Waals surface area (Å²) in [4.78, 5) is 12.4. The third kappa shape index (κ3) is 5.64. The van der Waals surface area contributed by atoms with Crippen LogP contribution in [0.2, 0.25) is 10.0 Å². The van der Waals surface area contributed by atoms with Crippen LogP contribution in [0.25, 0.3) is 0 Å². The molecule has 1 aliphatic rings. The molecular formula is C21H23Cl2NO2S. The molecule has 2 aromatic rings. The van der Waals surface area contributed by atoms with Crippen LogP contribution in [-0.2, 0) is 20.7 Å². The van der Waals surface area contributed by atoms with Gasteiger partial charge in [0.15, 0.2) is 0 Å². The number of nitrogens with one attached hydrogen (secondary N) is 1. The minimum atomic E-state index is -0.0423. The van der Waals surface area contributed by atoms with E-state index in [2.05, 4.69) is 29.6 Å². The minimum Gasteiger partial charge on any atom is -0.381 e. The quantitative estimate of drug-likeness (QED) is 0.673. The lowest BCUT2D eigenvalue weighted by Crippen LogP contribution is -2.45. The average molecular weight is 424 g/mol. The predicted molar refractivity (Wildman–Crippen MR) is 114 cm³/mol. The Morgan fingerprint density at radius 1 is 1.11 bits per heavy atom. The first-order chi connectivity index (χ1) is 13.1. The molecule has 1 fully saturated rings. The Morgan fingerprint density at radius 2 is 1.85 bits per heavy atom. The second kappa shape index (κ2) is 9.83. The van der Waals surface area contributed by atoms with E-state index in [-0.39, 0.29) is 11.3 Å². The Balaban J connectivity index is 1.52. The van der Waals surface area contributed by atoms with Crippen molar-refractivity contribution in [2.75, 3.05) is 25.5 Å². The Hall–Kier alpha value is -1.20. The number of hydrogen-bond donors (Lipinski definition) is 1. The van der Waals surface area contributed by atoms with Crippen molar-refractivity contribution in [1.82, 2.24) is 5.32 Å². The van der Waals surface area contributed by atoms with Gasteiger partial charge in [0.05, 0.1) is 5.75 Å². The fraction of sp³-hybridized carbons (Fsp3) is 0.381. The average Bonchev–Trinajstić information content (AvgIpc) is 2.69. The van der Waals surface area contributed by atoms with Gasteiger partial charge in [0.1, 0.15) is 0 Å². The minimum absolute atomic E-state index is 0.0423. The van der Waals surface area contributed by atoms with Gasteiger partial charge in [-0.1, -0.05) is 59.6 Å². The maximum atomic E-state index is 12.4. The van der Waals surface area contributed by atoms with Gasteiger partial charge in [-0.25, -0.2) is 0 Å². The summed E-state index contributed by atoms with van der Waals surface area (Å²) in [7, 11) is 0. The lowest BCUT2D eigenvalue weighted by Gasteiger charge is -2.38. The van der Waals surface area contributed by atoms with Gasteiger partial charge in [0.25, 0.3) is 0 Å². The molecular weight excluding hydrogens is 401 g/mol. The van der Waals surface area contributed by atoms with Gasteiger partial charge in [-0.15, -0.1) is 11.8 Å². The van der Waals surface area contributed by atoms with Gasteiger partial charge in [0, 0.05) is 41.0 Å². The fourth-order valence-electron chi connectivity index (χ4n) is 3.33. The molecule has 0 aliphatic carbocycles. The van der Waals surface area contributed by atoms with Crippen LogP contribution in [-0.4, -0.2) is 31.4 Å². The highest BCUT2D eigenvalue weighted by molar-refractivity contribution is 7.99. The van der Waals surface area contributed by atoms with E-state index in [9.17, 15) is 4.79 Å². The van der Waals surface area contributed by atoms with Crippen LogP contribution in [0, 0.1) is 0 Å². The van der Waals surface area contributed by atoms with Gasteiger partial charge in [-0.05, 0) is 36.1 Å². The Kier molecular flexibility index (Phi) is 7.48. The molecule has 144 valence electrons. The van der Waals surface area contributed by atoms with Crippen molar-refractivity contribution in [3.63, 3.8) is 0 Å². The molecule has 0 bridgehead atoms. The van der Waals surface area contributed by atoms with Crippen molar-refractivity contribution in [2.45, 2.75) is 24.0 Å². The molecule has 0 unspecified atom stereocenters. The van der Waals surface area contributed by atoms with Crippen LogP contribution in [0.15, 0.2) is 48.5 Å². The summed E-state index contributed by atoms with van der Waals surface area (Å²) in [5, 5.41) is 4.39. The molecule has 3 rings (SSSR count). The Labute approximate surface area is 174 Å². The smallest absolute Gasteiger partial charge is 0.230 e. The van der Waals surface area contributed by atoms with Crippen LogP contribution >= 0.6 is 35.0 Å². The van der Waals surface area contributed by atoms with E-state index < -0.39 is 0 Å². The van der Waals surface area contributed by atoms with Gasteiger partial charge in [-0.3, -0.25) is 4.79 Å². The molecule has 0 spiro atoms. The molecule has 1 N–H and O–H groups in total. The lowest BCUT2D eigenvalue weighted by atomic mass is 9.74. The van der Waals surface area contributed by atoms with E-state index in [1.807, 2.05) is 18.2 Å². The number of benzene rings is 2. The number of thioether (sulfide) groups is 1. The Bertz CT molecular complexity index is 764. The van der Waals surface area contributed by atoms with Crippen LogP contribution in [0.4, 0.5) is 0 Å². The normalized spacial score (nSPS) is 16.1. The monoisotopic (exact) mass is 423 g/mol. The second-order valence-electron chi connectivity index (χ2n) is 6.76. The molecule has 0 radical (unpaired) electrons. The van der Waals surface area contributed by atoms with Crippen molar-refractivity contribution < 1.29 is 9.53 Å². The number of carbonyl (C=O) groups excluding carboxylic acids is 1. The molecule has 0 saturated carbocycles. The summed E-state index contributed by atoms with van der Waals surface area (Å²) < 4.78 is 5.55. The molecule has 27 heavy (non-hydrogen) atoms. The summed E-state index contributed by atoms with van der Waals surface area (Å²) >= 11 is 13.7. The van der Waals surface area contributed by atoms with Gasteiger partial charge in [0.2, 0.25) is 5.91 Å². The maximum Gasteiger partial charge on any atom is 0.230 e. The molecule has 0 atom stereocenters. The first-order valence-corrected chi connectivity index (χ1v) is 10.9. The van der Waals surface area contributed by atoms with E-state index in [1.54, 1.807) is 17.8 Å². The zero-order chi connectivity index (χ0) is 19.1. The molecule has 1 saturated heterocycles. The summed E-state index contributed by atoms with van der Waals surface area (Å²) in [5.74, 6) is 1.13. The van der Waals surface area contributed by atoms with Crippen molar-refractivity contribution in [3.05, 3.63) is 69.7 Å². The lowest BCUT2D eigenvalue weighted by molar-refractivity contribution is -0.119. The highest BCUT2D eigenvalue weighted by atomic mass is 35.5. The summed E-state index contributed by atoms with van der Waals surface area (Å²) in [6.07, 6.45) is 1.84. The standard InChI is InChI=1S/C21H23Cl2NO2S/c22-18-7-6-16(19(23)12-18)13-27-14-20(25)24-15-21(8-10-26-11-9-21)17-4-2-1-3-5-17/h1-7,12H,8-11,13-15H2,(H,24,25). The van der Waals surface area contributed by atoms with Crippen molar-refractivity contribution >= 4 is 40.9 Å². The molecule has 1 heterocycles. The van der Waals surface area contributed by atoms with Crippen molar-refractivity contribution in [2.24, 2.45) is 0 Å². The predicted octanol–water partition coefficient (Wildman–Crippen LogP) is 5.09. The first kappa shape index (κ1) is 20.5. The zero-order valence-corrected chi connectivity index (χ0v) is 17.4. The summed E-state index contributed by atoms with van der Waals surface area (Å²) in [6.45, 7) is 2.10. The van der Waals surface area contributed by atoms with Gasteiger partial charge in [-0.2, -0.15) is 0 Å². The van der Waals surface area contributed by atoms with Crippen LogP contribution in [0.1, 0.15) is 24.0 Å². The number of rotatable bonds is 7. The van der Waals surface area contributed by atoms with Crippen molar-refractivity contribution in [1.29, 1.82) is 0 Å². The topological polar surface area (TPSA) is 38.3 Å². The largest absolute Gasteiger partial charge is 0.381 e. The Morgan fingerprint density at radius 3 is 2.56 bits per heavy atom. The molecule has 3 nitrogen and oxygen atoms in total. The number of amides is 1. The SMILES string of the molecule is O=C(CSCc1ccc(Cl)cc1Cl)NCC1(c2ccccc2)CCOCC1. The molecule has 6 heteroatoms. The number of hydrogen-bond acceptors (Lipinski definition) is 3.